The Kier molecular flexibility index (Phi) is 4.53. The number of nitrogens with zero attached hydrogens (tertiary/aromatic N) is 2. The normalized spacial score (nSPS) is 21.7. The van der Waals surface area contributed by atoms with Gasteiger partial charge in [-0.1, -0.05) is 37.6 Å². The molecule has 1 aliphatic heterocycles. The highest BCUT2D eigenvalue weighted by atomic mass is 35.5. The molecule has 3 aromatic rings. The van der Waals surface area contributed by atoms with Crippen molar-refractivity contribution in [3.63, 3.8) is 0 Å². The summed E-state index contributed by atoms with van der Waals surface area (Å²) in [5.41, 5.74) is 3.92. The van der Waals surface area contributed by atoms with Crippen LogP contribution in [0.15, 0.2) is 46.9 Å². The molecule has 4 rings (SSSR count). The van der Waals surface area contributed by atoms with E-state index in [2.05, 4.69) is 35.9 Å². The Bertz CT molecular complexity index is 878. The van der Waals surface area contributed by atoms with Crippen LogP contribution in [0.25, 0.3) is 22.6 Å². The van der Waals surface area contributed by atoms with Crippen LogP contribution in [0.3, 0.4) is 0 Å². The Balaban J connectivity index is 1.58. The highest BCUT2D eigenvalue weighted by Crippen LogP contribution is 2.28. The molecule has 0 saturated carbocycles. The van der Waals surface area contributed by atoms with Crippen molar-refractivity contribution in [1.82, 2.24) is 9.88 Å². The maximum absolute atomic E-state index is 6.08. The summed E-state index contributed by atoms with van der Waals surface area (Å²) in [5.74, 6) is 2.16. The van der Waals surface area contributed by atoms with E-state index in [9.17, 15) is 0 Å². The van der Waals surface area contributed by atoms with Gasteiger partial charge in [0.15, 0.2) is 5.58 Å². The minimum Gasteiger partial charge on any atom is -0.436 e. The van der Waals surface area contributed by atoms with Crippen LogP contribution in [0.2, 0.25) is 5.02 Å². The van der Waals surface area contributed by atoms with E-state index in [4.69, 9.17) is 16.0 Å². The largest absolute Gasteiger partial charge is 0.436 e. The van der Waals surface area contributed by atoms with Crippen LogP contribution in [-0.2, 0) is 6.54 Å². The Morgan fingerprint density at radius 3 is 2.68 bits per heavy atom. The van der Waals surface area contributed by atoms with E-state index in [1.165, 1.54) is 25.1 Å². The van der Waals surface area contributed by atoms with Gasteiger partial charge in [-0.2, -0.15) is 0 Å². The molecule has 1 aromatic heterocycles. The molecule has 1 saturated heterocycles. The van der Waals surface area contributed by atoms with Crippen molar-refractivity contribution in [2.24, 2.45) is 11.8 Å². The third-order valence-corrected chi connectivity index (χ3v) is 5.11. The number of aromatic nitrogens is 1. The van der Waals surface area contributed by atoms with E-state index in [0.717, 1.165) is 35.0 Å². The van der Waals surface area contributed by atoms with Gasteiger partial charge in [-0.05, 0) is 54.2 Å². The third-order valence-electron chi connectivity index (χ3n) is 4.87. The molecule has 2 heterocycles. The lowest BCUT2D eigenvalue weighted by atomic mass is 9.91. The van der Waals surface area contributed by atoms with Gasteiger partial charge in [0.05, 0.1) is 0 Å². The molecule has 0 spiro atoms. The number of benzene rings is 2. The van der Waals surface area contributed by atoms with Crippen molar-refractivity contribution >= 4 is 22.7 Å². The predicted octanol–water partition coefficient (Wildman–Crippen LogP) is 5.63. The summed E-state index contributed by atoms with van der Waals surface area (Å²) in [4.78, 5) is 7.22. The highest BCUT2D eigenvalue weighted by Gasteiger charge is 2.21. The first kappa shape index (κ1) is 16.6. The molecule has 0 unspecified atom stereocenters. The van der Waals surface area contributed by atoms with Gasteiger partial charge in [0.25, 0.3) is 0 Å². The molecule has 0 aliphatic carbocycles. The van der Waals surface area contributed by atoms with Gasteiger partial charge in [0.1, 0.15) is 5.52 Å². The standard InChI is InChI=1S/C21H23ClN2O/c1-14-8-15(2)12-24(11-14)13-16-6-7-20-19(9-16)23-21(25-20)17-4-3-5-18(22)10-17/h3-7,9-10,14-15H,8,11-13H2,1-2H3/t14-,15-/m0/s1. The van der Waals surface area contributed by atoms with Gasteiger partial charge >= 0.3 is 0 Å². The summed E-state index contributed by atoms with van der Waals surface area (Å²) in [6, 6.07) is 13.9. The smallest absolute Gasteiger partial charge is 0.227 e. The molecule has 2 atom stereocenters. The van der Waals surface area contributed by atoms with Gasteiger partial charge in [-0.3, -0.25) is 4.90 Å². The zero-order valence-electron chi connectivity index (χ0n) is 14.7. The molecule has 1 aliphatic rings. The Morgan fingerprint density at radius 2 is 1.92 bits per heavy atom. The number of oxazole rings is 1. The Labute approximate surface area is 153 Å². The second-order valence-corrected chi connectivity index (χ2v) is 7.91. The SMILES string of the molecule is C[C@H]1C[C@H](C)CN(Cc2ccc3oc(-c4cccc(Cl)c4)nc3c2)C1. The minimum atomic E-state index is 0.620. The first-order valence-corrected chi connectivity index (χ1v) is 9.32. The summed E-state index contributed by atoms with van der Waals surface area (Å²) >= 11 is 6.08. The fourth-order valence-corrected chi connectivity index (χ4v) is 4.19. The number of halogens is 1. The summed E-state index contributed by atoms with van der Waals surface area (Å²) in [7, 11) is 0. The van der Waals surface area contributed by atoms with Crippen LogP contribution in [0.1, 0.15) is 25.8 Å². The van der Waals surface area contributed by atoms with Crippen LogP contribution >= 0.6 is 11.6 Å². The Hall–Kier alpha value is -1.84. The fraction of sp³-hybridized carbons (Fsp3) is 0.381. The summed E-state index contributed by atoms with van der Waals surface area (Å²) in [6.45, 7) is 8.02. The van der Waals surface area contributed by atoms with Gasteiger partial charge in [0.2, 0.25) is 5.89 Å². The first-order chi connectivity index (χ1) is 12.1. The number of piperidine rings is 1. The second-order valence-electron chi connectivity index (χ2n) is 7.47. The average molecular weight is 355 g/mol. The number of rotatable bonds is 3. The molecule has 0 N–H and O–H groups in total. The maximum Gasteiger partial charge on any atom is 0.227 e. The highest BCUT2D eigenvalue weighted by molar-refractivity contribution is 6.30. The molecular formula is C21H23ClN2O. The molecule has 0 amide bonds. The average Bonchev–Trinajstić information content (AvgIpc) is 2.97. The quantitative estimate of drug-likeness (QED) is 0.610. The molecule has 3 nitrogen and oxygen atoms in total. The zero-order chi connectivity index (χ0) is 17.4. The van der Waals surface area contributed by atoms with Gasteiger partial charge in [-0.15, -0.1) is 0 Å². The monoisotopic (exact) mass is 354 g/mol. The summed E-state index contributed by atoms with van der Waals surface area (Å²) in [6.07, 6.45) is 1.34. The topological polar surface area (TPSA) is 29.3 Å². The van der Waals surface area contributed by atoms with Crippen molar-refractivity contribution < 1.29 is 4.42 Å². The molecular weight excluding hydrogens is 332 g/mol. The first-order valence-electron chi connectivity index (χ1n) is 8.94. The number of hydrogen-bond acceptors (Lipinski definition) is 3. The zero-order valence-corrected chi connectivity index (χ0v) is 15.5. The molecule has 0 radical (unpaired) electrons. The van der Waals surface area contributed by atoms with Crippen LogP contribution < -0.4 is 0 Å². The van der Waals surface area contributed by atoms with Gasteiger partial charge in [0, 0.05) is 30.2 Å². The van der Waals surface area contributed by atoms with Crippen molar-refractivity contribution in [2.75, 3.05) is 13.1 Å². The molecule has 2 aromatic carbocycles. The number of hydrogen-bond donors (Lipinski definition) is 0. The predicted molar refractivity (Wildman–Crippen MR) is 103 cm³/mol. The van der Waals surface area contributed by atoms with Crippen LogP contribution in [0, 0.1) is 11.8 Å². The molecule has 25 heavy (non-hydrogen) atoms. The lowest BCUT2D eigenvalue weighted by Gasteiger charge is -2.34. The van der Waals surface area contributed by atoms with Crippen molar-refractivity contribution in [1.29, 1.82) is 0 Å². The van der Waals surface area contributed by atoms with E-state index in [-0.39, 0.29) is 0 Å². The minimum absolute atomic E-state index is 0.620. The van der Waals surface area contributed by atoms with Crippen LogP contribution in [0.5, 0.6) is 0 Å². The number of likely N-dealkylation sites (tertiary alicyclic amines) is 1. The summed E-state index contributed by atoms with van der Waals surface area (Å²) < 4.78 is 5.90. The van der Waals surface area contributed by atoms with Gasteiger partial charge < -0.3 is 4.42 Å². The molecule has 0 bridgehead atoms. The third kappa shape index (κ3) is 3.73. The van der Waals surface area contributed by atoms with E-state index in [1.54, 1.807) is 0 Å². The van der Waals surface area contributed by atoms with E-state index in [0.29, 0.717) is 10.9 Å². The van der Waals surface area contributed by atoms with Crippen molar-refractivity contribution in [3.05, 3.63) is 53.1 Å². The van der Waals surface area contributed by atoms with Crippen LogP contribution in [0.4, 0.5) is 0 Å². The fourth-order valence-electron chi connectivity index (χ4n) is 4.00. The number of fused-ring (bicyclic) bond motifs is 1. The van der Waals surface area contributed by atoms with E-state index in [1.807, 2.05) is 30.3 Å². The van der Waals surface area contributed by atoms with Crippen molar-refractivity contribution in [2.45, 2.75) is 26.8 Å². The lowest BCUT2D eigenvalue weighted by molar-refractivity contribution is 0.134. The van der Waals surface area contributed by atoms with E-state index < -0.39 is 0 Å². The maximum atomic E-state index is 6.08. The Morgan fingerprint density at radius 1 is 1.12 bits per heavy atom. The van der Waals surface area contributed by atoms with Crippen molar-refractivity contribution in [3.8, 4) is 11.5 Å². The molecule has 1 fully saturated rings. The van der Waals surface area contributed by atoms with E-state index >= 15 is 0 Å². The second kappa shape index (κ2) is 6.81. The molecule has 4 heteroatoms. The van der Waals surface area contributed by atoms with Gasteiger partial charge in [-0.25, -0.2) is 4.98 Å². The van der Waals surface area contributed by atoms with Crippen LogP contribution in [-0.4, -0.2) is 23.0 Å². The molecule has 130 valence electrons. The lowest BCUT2D eigenvalue weighted by Crippen LogP contribution is -2.38. The summed E-state index contributed by atoms with van der Waals surface area (Å²) in [5, 5.41) is 0.689.